The molecule has 1 amide bonds. The molecule has 4 nitrogen and oxygen atoms in total. The van der Waals surface area contributed by atoms with Crippen LogP contribution in [0.25, 0.3) is 0 Å². The van der Waals surface area contributed by atoms with Gasteiger partial charge in [-0.3, -0.25) is 10.1 Å². The van der Waals surface area contributed by atoms with Gasteiger partial charge in [-0.1, -0.05) is 25.1 Å². The Hall–Kier alpha value is -1.55. The first-order valence-corrected chi connectivity index (χ1v) is 7.35. The normalized spacial score (nSPS) is 13.6. The van der Waals surface area contributed by atoms with Crippen molar-refractivity contribution in [2.24, 2.45) is 0 Å². The number of ether oxygens (including phenoxy) is 1. The van der Waals surface area contributed by atoms with Gasteiger partial charge in [-0.2, -0.15) is 0 Å². The van der Waals surface area contributed by atoms with Crippen LogP contribution < -0.4 is 15.4 Å². The number of hydrogen-bond acceptors (Lipinski definition) is 3. The quantitative estimate of drug-likeness (QED) is 0.768. The summed E-state index contributed by atoms with van der Waals surface area (Å²) in [6, 6.07) is 7.75. The summed E-state index contributed by atoms with van der Waals surface area (Å²) in [5, 5.41) is 6.21. The van der Waals surface area contributed by atoms with Gasteiger partial charge in [0.15, 0.2) is 0 Å². The van der Waals surface area contributed by atoms with Crippen LogP contribution in [0.3, 0.4) is 0 Å². The number of hydrogen-bond donors (Lipinski definition) is 2. The molecule has 0 radical (unpaired) electrons. The van der Waals surface area contributed by atoms with E-state index in [9.17, 15) is 4.79 Å². The molecule has 0 heterocycles. The molecule has 0 saturated heterocycles. The molecule has 0 aliphatic rings. The number of amides is 1. The average molecular weight is 278 g/mol. The second-order valence-corrected chi connectivity index (χ2v) is 4.87. The van der Waals surface area contributed by atoms with Crippen LogP contribution in [0.5, 0.6) is 5.75 Å². The third-order valence-corrected chi connectivity index (χ3v) is 3.13. The fraction of sp³-hybridized carbons (Fsp3) is 0.562. The van der Waals surface area contributed by atoms with Crippen LogP contribution >= 0.6 is 0 Å². The molecule has 0 aliphatic heterocycles. The van der Waals surface area contributed by atoms with E-state index in [4.69, 9.17) is 4.74 Å². The summed E-state index contributed by atoms with van der Waals surface area (Å²) in [4.78, 5) is 11.9. The van der Waals surface area contributed by atoms with Gasteiger partial charge in [0.1, 0.15) is 5.75 Å². The van der Waals surface area contributed by atoms with Crippen LogP contribution in [-0.4, -0.2) is 25.1 Å². The molecule has 112 valence electrons. The lowest BCUT2D eigenvalue weighted by atomic mass is 10.1. The predicted octanol–water partition coefficient (Wildman–Crippen LogP) is 2.65. The van der Waals surface area contributed by atoms with Gasteiger partial charge in [0.25, 0.3) is 0 Å². The van der Waals surface area contributed by atoms with E-state index in [-0.39, 0.29) is 18.0 Å². The molecule has 1 aromatic rings. The largest absolute Gasteiger partial charge is 0.494 e. The summed E-state index contributed by atoms with van der Waals surface area (Å²) in [7, 11) is 0. The summed E-state index contributed by atoms with van der Waals surface area (Å²) in [5.41, 5.74) is 1.07. The van der Waals surface area contributed by atoms with Crippen LogP contribution in [0, 0.1) is 0 Å². The lowest BCUT2D eigenvalue weighted by Gasteiger charge is -2.22. The Kier molecular flexibility index (Phi) is 7.09. The number of benzene rings is 1. The molecule has 1 aromatic carbocycles. The van der Waals surface area contributed by atoms with E-state index in [1.807, 2.05) is 52.0 Å². The van der Waals surface area contributed by atoms with Crippen molar-refractivity contribution >= 4 is 5.91 Å². The van der Waals surface area contributed by atoms with Crippen molar-refractivity contribution < 1.29 is 9.53 Å². The molecule has 4 heteroatoms. The maximum atomic E-state index is 11.9. The van der Waals surface area contributed by atoms with E-state index < -0.39 is 0 Å². The molecule has 2 unspecified atom stereocenters. The Morgan fingerprint density at radius 3 is 2.60 bits per heavy atom. The van der Waals surface area contributed by atoms with Gasteiger partial charge in [0, 0.05) is 18.2 Å². The Morgan fingerprint density at radius 2 is 1.95 bits per heavy atom. The summed E-state index contributed by atoms with van der Waals surface area (Å²) in [5.74, 6) is 0.906. The fourth-order valence-corrected chi connectivity index (χ4v) is 2.07. The number of para-hydroxylation sites is 1. The van der Waals surface area contributed by atoms with Crippen molar-refractivity contribution in [1.29, 1.82) is 0 Å². The van der Waals surface area contributed by atoms with Crippen molar-refractivity contribution in [2.45, 2.75) is 46.2 Å². The molecule has 0 saturated carbocycles. The molecule has 0 spiro atoms. The highest BCUT2D eigenvalue weighted by Gasteiger charge is 2.17. The predicted molar refractivity (Wildman–Crippen MR) is 81.9 cm³/mol. The molecule has 0 aliphatic carbocycles. The molecule has 20 heavy (non-hydrogen) atoms. The van der Waals surface area contributed by atoms with Gasteiger partial charge in [-0.05, 0) is 33.3 Å². The first-order chi connectivity index (χ1) is 9.60. The number of nitrogens with one attached hydrogen (secondary N) is 2. The van der Waals surface area contributed by atoms with Crippen molar-refractivity contribution in [3.8, 4) is 5.75 Å². The Morgan fingerprint density at radius 1 is 1.25 bits per heavy atom. The maximum Gasteiger partial charge on any atom is 0.236 e. The van der Waals surface area contributed by atoms with Gasteiger partial charge < -0.3 is 10.1 Å². The molecule has 0 bridgehead atoms. The minimum absolute atomic E-state index is 0.0348. The zero-order valence-corrected chi connectivity index (χ0v) is 12.9. The minimum atomic E-state index is -0.230. The van der Waals surface area contributed by atoms with Crippen LogP contribution in [-0.2, 0) is 4.79 Å². The number of carbonyl (C=O) groups is 1. The summed E-state index contributed by atoms with van der Waals surface area (Å²) < 4.78 is 5.62. The third-order valence-electron chi connectivity index (χ3n) is 3.13. The van der Waals surface area contributed by atoms with E-state index in [2.05, 4.69) is 10.6 Å². The topological polar surface area (TPSA) is 50.4 Å². The van der Waals surface area contributed by atoms with Crippen LogP contribution in [0.4, 0.5) is 0 Å². The van der Waals surface area contributed by atoms with Crippen molar-refractivity contribution in [3.05, 3.63) is 29.8 Å². The lowest BCUT2D eigenvalue weighted by molar-refractivity contribution is -0.122. The summed E-state index contributed by atoms with van der Waals surface area (Å²) >= 11 is 0. The van der Waals surface area contributed by atoms with E-state index in [1.54, 1.807) is 0 Å². The highest BCUT2D eigenvalue weighted by molar-refractivity contribution is 5.81. The lowest BCUT2D eigenvalue weighted by Crippen LogP contribution is -2.43. The van der Waals surface area contributed by atoms with E-state index >= 15 is 0 Å². The molecule has 0 fully saturated rings. The van der Waals surface area contributed by atoms with E-state index in [0.29, 0.717) is 6.61 Å². The first kappa shape index (κ1) is 16.5. The van der Waals surface area contributed by atoms with Gasteiger partial charge in [-0.25, -0.2) is 0 Å². The summed E-state index contributed by atoms with van der Waals surface area (Å²) in [6.45, 7) is 9.28. The Labute approximate surface area is 121 Å². The van der Waals surface area contributed by atoms with Gasteiger partial charge in [0.05, 0.1) is 12.6 Å². The Bertz CT molecular complexity index is 421. The number of rotatable bonds is 8. The van der Waals surface area contributed by atoms with Crippen LogP contribution in [0.15, 0.2) is 24.3 Å². The van der Waals surface area contributed by atoms with Crippen LogP contribution in [0.2, 0.25) is 0 Å². The molecule has 1 rings (SSSR count). The second-order valence-electron chi connectivity index (χ2n) is 4.87. The SMILES string of the molecule is CCCNC(=O)C(C)NC(C)c1ccccc1OCC. The van der Waals surface area contributed by atoms with Gasteiger partial charge >= 0.3 is 0 Å². The van der Waals surface area contributed by atoms with Gasteiger partial charge in [0.2, 0.25) is 5.91 Å². The minimum Gasteiger partial charge on any atom is -0.494 e. The highest BCUT2D eigenvalue weighted by atomic mass is 16.5. The second kappa shape index (κ2) is 8.59. The molecule has 0 aromatic heterocycles. The zero-order valence-electron chi connectivity index (χ0n) is 12.9. The smallest absolute Gasteiger partial charge is 0.236 e. The molecule has 2 N–H and O–H groups in total. The monoisotopic (exact) mass is 278 g/mol. The molecular weight excluding hydrogens is 252 g/mol. The first-order valence-electron chi connectivity index (χ1n) is 7.35. The average Bonchev–Trinajstić information content (AvgIpc) is 2.45. The van der Waals surface area contributed by atoms with Gasteiger partial charge in [-0.15, -0.1) is 0 Å². The van der Waals surface area contributed by atoms with Crippen molar-refractivity contribution in [2.75, 3.05) is 13.2 Å². The standard InChI is InChI=1S/C16H26N2O2/c1-5-11-17-16(19)13(4)18-12(3)14-9-7-8-10-15(14)20-6-2/h7-10,12-13,18H,5-6,11H2,1-4H3,(H,17,19). The molecular formula is C16H26N2O2. The maximum absolute atomic E-state index is 11.9. The highest BCUT2D eigenvalue weighted by Crippen LogP contribution is 2.25. The summed E-state index contributed by atoms with van der Waals surface area (Å²) in [6.07, 6.45) is 0.946. The van der Waals surface area contributed by atoms with E-state index in [1.165, 1.54) is 0 Å². The van der Waals surface area contributed by atoms with E-state index in [0.717, 1.165) is 24.3 Å². The third kappa shape index (κ3) is 4.85. The van der Waals surface area contributed by atoms with Crippen molar-refractivity contribution in [1.82, 2.24) is 10.6 Å². The van der Waals surface area contributed by atoms with Crippen molar-refractivity contribution in [3.63, 3.8) is 0 Å². The molecule has 2 atom stereocenters. The fourth-order valence-electron chi connectivity index (χ4n) is 2.07. The Balaban J connectivity index is 2.66. The number of carbonyl (C=O) groups excluding carboxylic acids is 1. The zero-order chi connectivity index (χ0) is 15.0. The van der Waals surface area contributed by atoms with Crippen LogP contribution in [0.1, 0.15) is 45.7 Å².